The van der Waals surface area contributed by atoms with Crippen LogP contribution in [0.25, 0.3) is 0 Å². The van der Waals surface area contributed by atoms with Crippen LogP contribution in [0.1, 0.15) is 49.4 Å². The highest BCUT2D eigenvalue weighted by atomic mass is 15.2. The minimum atomic E-state index is 0.386. The van der Waals surface area contributed by atoms with Crippen molar-refractivity contribution in [1.29, 1.82) is 0 Å². The van der Waals surface area contributed by atoms with E-state index >= 15 is 0 Å². The molecule has 0 amide bonds. The second-order valence-electron chi connectivity index (χ2n) is 6.76. The van der Waals surface area contributed by atoms with Crippen LogP contribution in [-0.2, 0) is 0 Å². The minimum absolute atomic E-state index is 0.386. The highest BCUT2D eigenvalue weighted by molar-refractivity contribution is 5.36. The standard InChI is InChI=1S/C17H28N2/c1-13-6-5-7-14(2)16(13)15(12-18)19-10-8-17(3,4)9-11-19/h5-7,15H,8-12,18H2,1-4H3. The third-order valence-corrected chi connectivity index (χ3v) is 4.69. The maximum atomic E-state index is 6.10. The van der Waals surface area contributed by atoms with E-state index in [0.29, 0.717) is 18.0 Å². The van der Waals surface area contributed by atoms with Gasteiger partial charge in [0, 0.05) is 12.6 Å². The fraction of sp³-hybridized carbons (Fsp3) is 0.647. The van der Waals surface area contributed by atoms with E-state index in [1.165, 1.54) is 42.6 Å². The largest absolute Gasteiger partial charge is 0.329 e. The molecule has 2 heteroatoms. The third-order valence-electron chi connectivity index (χ3n) is 4.69. The van der Waals surface area contributed by atoms with Gasteiger partial charge in [-0.05, 0) is 61.9 Å². The van der Waals surface area contributed by atoms with Gasteiger partial charge in [-0.25, -0.2) is 0 Å². The normalized spacial score (nSPS) is 21.3. The van der Waals surface area contributed by atoms with Gasteiger partial charge in [0.2, 0.25) is 0 Å². The molecule has 0 saturated carbocycles. The molecule has 1 unspecified atom stereocenters. The molecule has 2 N–H and O–H groups in total. The Morgan fingerprint density at radius 1 is 1.16 bits per heavy atom. The number of rotatable bonds is 3. The van der Waals surface area contributed by atoms with Gasteiger partial charge < -0.3 is 5.73 Å². The lowest BCUT2D eigenvalue weighted by molar-refractivity contribution is 0.0959. The van der Waals surface area contributed by atoms with Crippen molar-refractivity contribution in [2.24, 2.45) is 11.1 Å². The number of hydrogen-bond acceptors (Lipinski definition) is 2. The van der Waals surface area contributed by atoms with Crippen molar-refractivity contribution in [2.75, 3.05) is 19.6 Å². The SMILES string of the molecule is Cc1cccc(C)c1C(CN)N1CCC(C)(C)CC1. The Balaban J connectivity index is 2.21. The van der Waals surface area contributed by atoms with Gasteiger partial charge in [-0.15, -0.1) is 0 Å². The first-order valence-corrected chi connectivity index (χ1v) is 7.45. The molecule has 0 bridgehead atoms. The molecule has 1 heterocycles. The van der Waals surface area contributed by atoms with Gasteiger partial charge in [0.1, 0.15) is 0 Å². The number of hydrogen-bond donors (Lipinski definition) is 1. The molecule has 0 aromatic heterocycles. The summed E-state index contributed by atoms with van der Waals surface area (Å²) in [5.74, 6) is 0. The fourth-order valence-electron chi connectivity index (χ4n) is 3.24. The lowest BCUT2D eigenvalue weighted by Gasteiger charge is -2.41. The van der Waals surface area contributed by atoms with E-state index in [1.807, 2.05) is 0 Å². The van der Waals surface area contributed by atoms with E-state index in [0.717, 1.165) is 0 Å². The van der Waals surface area contributed by atoms with Crippen molar-refractivity contribution in [3.05, 3.63) is 34.9 Å². The van der Waals surface area contributed by atoms with Crippen LogP contribution in [0.15, 0.2) is 18.2 Å². The van der Waals surface area contributed by atoms with Crippen molar-refractivity contribution in [2.45, 2.75) is 46.6 Å². The lowest BCUT2D eigenvalue weighted by Crippen LogP contribution is -2.42. The van der Waals surface area contributed by atoms with E-state index in [2.05, 4.69) is 50.8 Å². The molecule has 1 aliphatic heterocycles. The Hall–Kier alpha value is -0.860. The van der Waals surface area contributed by atoms with Gasteiger partial charge in [-0.1, -0.05) is 32.0 Å². The predicted molar refractivity (Wildman–Crippen MR) is 82.3 cm³/mol. The molecule has 0 spiro atoms. The number of nitrogens with zero attached hydrogens (tertiary/aromatic N) is 1. The first kappa shape index (κ1) is 14.5. The maximum absolute atomic E-state index is 6.10. The van der Waals surface area contributed by atoms with Gasteiger partial charge in [0.15, 0.2) is 0 Å². The van der Waals surface area contributed by atoms with Crippen molar-refractivity contribution in [3.8, 4) is 0 Å². The van der Waals surface area contributed by atoms with Crippen LogP contribution in [0.3, 0.4) is 0 Å². The van der Waals surface area contributed by atoms with Crippen LogP contribution < -0.4 is 5.73 Å². The summed E-state index contributed by atoms with van der Waals surface area (Å²) in [7, 11) is 0. The van der Waals surface area contributed by atoms with Crippen LogP contribution in [-0.4, -0.2) is 24.5 Å². The average molecular weight is 260 g/mol. The summed E-state index contributed by atoms with van der Waals surface area (Å²) in [5, 5.41) is 0. The summed E-state index contributed by atoms with van der Waals surface area (Å²) in [5.41, 5.74) is 10.8. The molecule has 2 nitrogen and oxygen atoms in total. The number of nitrogens with two attached hydrogens (primary N) is 1. The van der Waals surface area contributed by atoms with Crippen molar-refractivity contribution in [3.63, 3.8) is 0 Å². The topological polar surface area (TPSA) is 29.3 Å². The quantitative estimate of drug-likeness (QED) is 0.902. The Kier molecular flexibility index (Phi) is 4.32. The van der Waals surface area contributed by atoms with E-state index in [-0.39, 0.29) is 0 Å². The van der Waals surface area contributed by atoms with Crippen LogP contribution in [0, 0.1) is 19.3 Å². The first-order chi connectivity index (χ1) is 8.94. The van der Waals surface area contributed by atoms with Crippen LogP contribution >= 0.6 is 0 Å². The van der Waals surface area contributed by atoms with E-state index in [1.54, 1.807) is 0 Å². The smallest absolute Gasteiger partial charge is 0.0475 e. The summed E-state index contributed by atoms with van der Waals surface area (Å²) in [6.07, 6.45) is 2.54. The highest BCUT2D eigenvalue weighted by Gasteiger charge is 2.30. The molecular formula is C17H28N2. The van der Waals surface area contributed by atoms with Gasteiger partial charge in [0.25, 0.3) is 0 Å². The second kappa shape index (κ2) is 5.64. The van der Waals surface area contributed by atoms with Crippen molar-refractivity contribution >= 4 is 0 Å². The molecule has 2 rings (SSSR count). The monoisotopic (exact) mass is 260 g/mol. The molecule has 1 aliphatic rings. The van der Waals surface area contributed by atoms with Gasteiger partial charge >= 0.3 is 0 Å². The molecule has 1 saturated heterocycles. The zero-order chi connectivity index (χ0) is 14.0. The molecular weight excluding hydrogens is 232 g/mol. The molecule has 19 heavy (non-hydrogen) atoms. The van der Waals surface area contributed by atoms with E-state index < -0.39 is 0 Å². The Morgan fingerprint density at radius 3 is 2.16 bits per heavy atom. The number of piperidine rings is 1. The van der Waals surface area contributed by atoms with Gasteiger partial charge in [-0.3, -0.25) is 4.90 Å². The summed E-state index contributed by atoms with van der Waals surface area (Å²) in [4.78, 5) is 2.58. The molecule has 0 aliphatic carbocycles. The second-order valence-corrected chi connectivity index (χ2v) is 6.76. The van der Waals surface area contributed by atoms with Gasteiger partial charge in [0.05, 0.1) is 0 Å². The van der Waals surface area contributed by atoms with E-state index in [4.69, 9.17) is 5.73 Å². The fourth-order valence-corrected chi connectivity index (χ4v) is 3.24. The molecule has 106 valence electrons. The van der Waals surface area contributed by atoms with Crippen molar-refractivity contribution < 1.29 is 0 Å². The average Bonchev–Trinajstić information content (AvgIpc) is 2.35. The van der Waals surface area contributed by atoms with Crippen LogP contribution in [0.5, 0.6) is 0 Å². The minimum Gasteiger partial charge on any atom is -0.329 e. The van der Waals surface area contributed by atoms with Gasteiger partial charge in [-0.2, -0.15) is 0 Å². The number of benzene rings is 1. The number of aryl methyl sites for hydroxylation is 2. The molecule has 1 atom stereocenters. The van der Waals surface area contributed by atoms with Crippen LogP contribution in [0.4, 0.5) is 0 Å². The summed E-state index contributed by atoms with van der Waals surface area (Å²) in [6, 6.07) is 6.94. The van der Waals surface area contributed by atoms with Crippen molar-refractivity contribution in [1.82, 2.24) is 4.90 Å². The summed E-state index contributed by atoms with van der Waals surface area (Å²) in [6.45, 7) is 12.2. The maximum Gasteiger partial charge on any atom is 0.0475 e. The Bertz CT molecular complexity index is 407. The highest BCUT2D eigenvalue weighted by Crippen LogP contribution is 2.35. The molecule has 1 fully saturated rings. The Labute approximate surface area is 118 Å². The lowest BCUT2D eigenvalue weighted by atomic mass is 9.81. The number of likely N-dealkylation sites (tertiary alicyclic amines) is 1. The van der Waals surface area contributed by atoms with E-state index in [9.17, 15) is 0 Å². The van der Waals surface area contributed by atoms with Crippen LogP contribution in [0.2, 0.25) is 0 Å². The molecule has 0 radical (unpaired) electrons. The molecule has 1 aromatic carbocycles. The first-order valence-electron chi connectivity index (χ1n) is 7.45. The third kappa shape index (κ3) is 3.18. The zero-order valence-electron chi connectivity index (χ0n) is 12.9. The zero-order valence-corrected chi connectivity index (χ0v) is 12.9. The molecule has 1 aromatic rings. The predicted octanol–water partition coefficient (Wildman–Crippen LogP) is 3.43. The summed E-state index contributed by atoms with van der Waals surface area (Å²) < 4.78 is 0. The summed E-state index contributed by atoms with van der Waals surface area (Å²) >= 11 is 0. The Morgan fingerprint density at radius 2 is 1.68 bits per heavy atom.